The normalized spacial score (nSPS) is 16.9. The maximum absolute atomic E-state index is 14.0. The van der Waals surface area contributed by atoms with Gasteiger partial charge in [0.15, 0.2) is 11.6 Å². The fourth-order valence-corrected chi connectivity index (χ4v) is 2.05. The third-order valence-electron chi connectivity index (χ3n) is 3.67. The first-order valence-corrected chi connectivity index (χ1v) is 7.48. The molecule has 1 amide bonds. The van der Waals surface area contributed by atoms with Crippen molar-refractivity contribution in [2.75, 3.05) is 20.3 Å². The number of methoxy groups -OCH3 is 1. The summed E-state index contributed by atoms with van der Waals surface area (Å²) in [6.07, 6.45) is 2.31. The number of carbonyl (C=O) groups excluding carboxylic acids is 1. The van der Waals surface area contributed by atoms with Crippen molar-refractivity contribution >= 4 is 5.91 Å². The molecule has 2 rings (SSSR count). The summed E-state index contributed by atoms with van der Waals surface area (Å²) in [6, 6.07) is 3.65. The lowest BCUT2D eigenvalue weighted by Gasteiger charge is -2.18. The Bertz CT molecular complexity index is 520. The minimum atomic E-state index is -0.738. The van der Waals surface area contributed by atoms with Crippen LogP contribution in [0.15, 0.2) is 18.2 Å². The number of nitrogens with two attached hydrogens (primary N) is 1. The number of ether oxygens (including phenoxy) is 2. The van der Waals surface area contributed by atoms with Crippen LogP contribution in [0.4, 0.5) is 4.39 Å². The molecule has 1 fully saturated rings. The zero-order valence-electron chi connectivity index (χ0n) is 13.0. The fraction of sp³-hybridized carbons (Fsp3) is 0.562. The summed E-state index contributed by atoms with van der Waals surface area (Å²) >= 11 is 0. The third-order valence-corrected chi connectivity index (χ3v) is 3.67. The van der Waals surface area contributed by atoms with Crippen LogP contribution in [0.5, 0.6) is 5.75 Å². The molecule has 22 heavy (non-hydrogen) atoms. The maximum Gasteiger partial charge on any atom is 0.239 e. The second-order valence-electron chi connectivity index (χ2n) is 5.74. The van der Waals surface area contributed by atoms with E-state index in [1.165, 1.54) is 13.2 Å². The number of rotatable bonds is 8. The van der Waals surface area contributed by atoms with E-state index in [0.717, 1.165) is 12.8 Å². The maximum atomic E-state index is 14.0. The quantitative estimate of drug-likeness (QED) is 0.767. The molecule has 0 saturated heterocycles. The Morgan fingerprint density at radius 1 is 1.50 bits per heavy atom. The van der Waals surface area contributed by atoms with Gasteiger partial charge < -0.3 is 20.5 Å². The molecule has 1 saturated carbocycles. The number of benzene rings is 1. The van der Waals surface area contributed by atoms with Gasteiger partial charge in [0.05, 0.1) is 19.3 Å². The molecule has 6 heteroatoms. The second-order valence-corrected chi connectivity index (χ2v) is 5.74. The van der Waals surface area contributed by atoms with E-state index in [-0.39, 0.29) is 24.3 Å². The Hall–Kier alpha value is -1.66. The van der Waals surface area contributed by atoms with Crippen molar-refractivity contribution < 1.29 is 18.7 Å². The average molecular weight is 310 g/mol. The number of halogens is 1. The molecule has 0 aromatic heterocycles. The van der Waals surface area contributed by atoms with Crippen LogP contribution >= 0.6 is 0 Å². The highest BCUT2D eigenvalue weighted by Crippen LogP contribution is 2.30. The van der Waals surface area contributed by atoms with Crippen molar-refractivity contribution in [1.29, 1.82) is 0 Å². The molecular weight excluding hydrogens is 287 g/mol. The molecule has 2 unspecified atom stereocenters. The summed E-state index contributed by atoms with van der Waals surface area (Å²) in [5, 5.41) is 2.74. The summed E-state index contributed by atoms with van der Waals surface area (Å²) in [5.41, 5.74) is 6.31. The molecule has 0 heterocycles. The average Bonchev–Trinajstić information content (AvgIpc) is 3.30. The minimum Gasteiger partial charge on any atom is -0.490 e. The van der Waals surface area contributed by atoms with Crippen LogP contribution in [0.1, 0.15) is 31.4 Å². The van der Waals surface area contributed by atoms with Gasteiger partial charge in [0.1, 0.15) is 6.04 Å². The van der Waals surface area contributed by atoms with Crippen molar-refractivity contribution in [3.05, 3.63) is 29.6 Å². The lowest BCUT2D eigenvalue weighted by Crippen LogP contribution is -2.44. The van der Waals surface area contributed by atoms with Crippen molar-refractivity contribution in [3.8, 4) is 5.75 Å². The van der Waals surface area contributed by atoms with Crippen LogP contribution in [-0.2, 0) is 9.53 Å². The predicted molar refractivity (Wildman–Crippen MR) is 81.0 cm³/mol. The Morgan fingerprint density at radius 3 is 2.82 bits per heavy atom. The summed E-state index contributed by atoms with van der Waals surface area (Å²) in [5.74, 6) is 0.0779. The first-order valence-electron chi connectivity index (χ1n) is 7.48. The summed E-state index contributed by atoms with van der Waals surface area (Å²) in [6.45, 7) is 2.48. The minimum absolute atomic E-state index is 0.140. The Morgan fingerprint density at radius 2 is 2.23 bits per heavy atom. The lowest BCUT2D eigenvalue weighted by molar-refractivity contribution is -0.124. The van der Waals surface area contributed by atoms with Crippen LogP contribution < -0.4 is 15.8 Å². The van der Waals surface area contributed by atoms with Gasteiger partial charge in [0.2, 0.25) is 5.91 Å². The molecule has 0 bridgehead atoms. The second kappa shape index (κ2) is 7.56. The van der Waals surface area contributed by atoms with Gasteiger partial charge in [-0.3, -0.25) is 4.79 Å². The smallest absolute Gasteiger partial charge is 0.239 e. The number of amides is 1. The van der Waals surface area contributed by atoms with Gasteiger partial charge in [-0.2, -0.15) is 0 Å². The zero-order chi connectivity index (χ0) is 16.1. The highest BCUT2D eigenvalue weighted by atomic mass is 19.1. The van der Waals surface area contributed by atoms with E-state index in [0.29, 0.717) is 18.1 Å². The van der Waals surface area contributed by atoms with Crippen LogP contribution in [0.25, 0.3) is 0 Å². The molecule has 2 atom stereocenters. The lowest BCUT2D eigenvalue weighted by atomic mass is 10.1. The standard InChI is InChI=1S/C16H23FN2O3/c1-10(19-16(20)14(18)9-21-2)12-5-6-15(13(17)7-12)22-8-11-3-4-11/h5-7,10-11,14H,3-4,8-9,18H2,1-2H3,(H,19,20). The number of nitrogens with one attached hydrogen (secondary N) is 1. The Kier molecular flexibility index (Phi) is 5.74. The first kappa shape index (κ1) is 16.7. The molecule has 0 aliphatic heterocycles. The van der Waals surface area contributed by atoms with Crippen LogP contribution in [0.3, 0.4) is 0 Å². The van der Waals surface area contributed by atoms with Crippen LogP contribution in [0.2, 0.25) is 0 Å². The monoisotopic (exact) mass is 310 g/mol. The van der Waals surface area contributed by atoms with Gasteiger partial charge in [-0.25, -0.2) is 4.39 Å². The van der Waals surface area contributed by atoms with E-state index in [4.69, 9.17) is 15.2 Å². The molecule has 0 spiro atoms. The van der Waals surface area contributed by atoms with Gasteiger partial charge in [-0.1, -0.05) is 6.07 Å². The molecule has 1 aromatic rings. The number of hydrogen-bond donors (Lipinski definition) is 2. The Balaban J connectivity index is 1.92. The number of hydrogen-bond acceptors (Lipinski definition) is 4. The molecule has 122 valence electrons. The SMILES string of the molecule is COCC(N)C(=O)NC(C)c1ccc(OCC2CC2)c(F)c1. The van der Waals surface area contributed by atoms with Gasteiger partial charge in [0, 0.05) is 7.11 Å². The fourth-order valence-electron chi connectivity index (χ4n) is 2.05. The third kappa shape index (κ3) is 4.68. The van der Waals surface area contributed by atoms with Crippen molar-refractivity contribution in [2.24, 2.45) is 11.7 Å². The molecule has 1 aliphatic rings. The van der Waals surface area contributed by atoms with Crippen molar-refractivity contribution in [2.45, 2.75) is 31.8 Å². The summed E-state index contributed by atoms with van der Waals surface area (Å²) in [7, 11) is 1.48. The van der Waals surface area contributed by atoms with Gasteiger partial charge >= 0.3 is 0 Å². The predicted octanol–water partition coefficient (Wildman–Crippen LogP) is 1.77. The Labute approximate surface area is 130 Å². The zero-order valence-corrected chi connectivity index (χ0v) is 13.0. The van der Waals surface area contributed by atoms with E-state index >= 15 is 0 Å². The van der Waals surface area contributed by atoms with E-state index in [1.807, 2.05) is 0 Å². The summed E-state index contributed by atoms with van der Waals surface area (Å²) in [4.78, 5) is 11.8. The van der Waals surface area contributed by atoms with E-state index in [1.54, 1.807) is 19.1 Å². The first-order chi connectivity index (χ1) is 10.5. The van der Waals surface area contributed by atoms with Crippen molar-refractivity contribution in [3.63, 3.8) is 0 Å². The molecule has 3 N–H and O–H groups in total. The van der Waals surface area contributed by atoms with Gasteiger partial charge in [0.25, 0.3) is 0 Å². The largest absolute Gasteiger partial charge is 0.490 e. The topological polar surface area (TPSA) is 73.6 Å². The van der Waals surface area contributed by atoms with E-state index in [2.05, 4.69) is 5.32 Å². The molecule has 5 nitrogen and oxygen atoms in total. The van der Waals surface area contributed by atoms with Gasteiger partial charge in [-0.15, -0.1) is 0 Å². The van der Waals surface area contributed by atoms with E-state index < -0.39 is 11.9 Å². The van der Waals surface area contributed by atoms with Crippen LogP contribution in [0, 0.1) is 11.7 Å². The highest BCUT2D eigenvalue weighted by molar-refractivity contribution is 5.82. The van der Waals surface area contributed by atoms with Crippen molar-refractivity contribution in [1.82, 2.24) is 5.32 Å². The highest BCUT2D eigenvalue weighted by Gasteiger charge is 2.23. The molecule has 0 radical (unpaired) electrons. The van der Waals surface area contributed by atoms with Gasteiger partial charge in [-0.05, 0) is 43.4 Å². The van der Waals surface area contributed by atoms with E-state index in [9.17, 15) is 9.18 Å². The summed E-state index contributed by atoms with van der Waals surface area (Å²) < 4.78 is 24.3. The molecule has 1 aliphatic carbocycles. The number of carbonyl (C=O) groups is 1. The molecule has 1 aromatic carbocycles. The van der Waals surface area contributed by atoms with Crippen LogP contribution in [-0.4, -0.2) is 32.3 Å². The molecular formula is C16H23FN2O3.